The van der Waals surface area contributed by atoms with Gasteiger partial charge < -0.3 is 5.73 Å². The van der Waals surface area contributed by atoms with E-state index in [1.807, 2.05) is 6.20 Å². The first-order chi connectivity index (χ1) is 8.22. The van der Waals surface area contributed by atoms with Crippen molar-refractivity contribution in [1.29, 1.82) is 0 Å². The van der Waals surface area contributed by atoms with E-state index in [0.717, 1.165) is 12.8 Å². The van der Waals surface area contributed by atoms with Crippen LogP contribution < -0.4 is 5.73 Å². The minimum atomic E-state index is 0.255. The van der Waals surface area contributed by atoms with Crippen molar-refractivity contribution < 1.29 is 0 Å². The zero-order chi connectivity index (χ0) is 11.8. The van der Waals surface area contributed by atoms with Crippen LogP contribution >= 0.6 is 0 Å². The van der Waals surface area contributed by atoms with Gasteiger partial charge in [-0.05, 0) is 30.5 Å². The van der Waals surface area contributed by atoms with Crippen LogP contribution in [0.15, 0.2) is 36.5 Å². The number of aryl methyl sites for hydroxylation is 1. The number of hydrogen-bond acceptors (Lipinski definition) is 2. The molecule has 0 radical (unpaired) electrons. The Bertz CT molecular complexity index is 543. The Kier molecular flexibility index (Phi) is 2.45. The lowest BCUT2D eigenvalue weighted by Gasteiger charge is -2.04. The summed E-state index contributed by atoms with van der Waals surface area (Å²) >= 11 is 0. The molecular weight excluding hydrogens is 208 g/mol. The predicted octanol–water partition coefficient (Wildman–Crippen LogP) is 2.48. The number of nitrogens with two attached hydrogens (primary N) is 1. The second-order valence-corrected chi connectivity index (χ2v) is 4.86. The molecule has 0 saturated carbocycles. The number of rotatable bonds is 1. The number of nitrogens with zero attached hydrogens (tertiary/aromatic N) is 1. The van der Waals surface area contributed by atoms with Crippen LogP contribution in [0.5, 0.6) is 0 Å². The smallest absolute Gasteiger partial charge is 0.0452 e. The van der Waals surface area contributed by atoms with Crippen LogP contribution in [0.3, 0.4) is 0 Å². The largest absolute Gasteiger partial charge is 0.327 e. The highest BCUT2D eigenvalue weighted by Gasteiger charge is 2.19. The molecule has 0 spiro atoms. The summed E-state index contributed by atoms with van der Waals surface area (Å²) in [6, 6.07) is 11.1. The molecule has 2 N–H and O–H groups in total. The highest BCUT2D eigenvalue weighted by molar-refractivity contribution is 5.64. The van der Waals surface area contributed by atoms with E-state index in [4.69, 9.17) is 5.73 Å². The van der Waals surface area contributed by atoms with Crippen LogP contribution in [-0.4, -0.2) is 11.0 Å². The molecule has 0 aliphatic heterocycles. The molecule has 2 nitrogen and oxygen atoms in total. The molecule has 0 saturated heterocycles. The van der Waals surface area contributed by atoms with Crippen LogP contribution in [0, 0.1) is 6.92 Å². The summed E-state index contributed by atoms with van der Waals surface area (Å²) in [5, 5.41) is 0. The van der Waals surface area contributed by atoms with E-state index in [1.165, 1.54) is 27.9 Å². The third kappa shape index (κ3) is 1.96. The fraction of sp³-hybridized carbons (Fsp3) is 0.267. The number of hydrogen-bond donors (Lipinski definition) is 1. The van der Waals surface area contributed by atoms with Crippen LogP contribution in [0.4, 0.5) is 0 Å². The topological polar surface area (TPSA) is 38.9 Å². The molecule has 1 heterocycles. The molecule has 86 valence electrons. The van der Waals surface area contributed by atoms with E-state index >= 15 is 0 Å². The molecule has 1 unspecified atom stereocenters. The zero-order valence-electron chi connectivity index (χ0n) is 9.98. The van der Waals surface area contributed by atoms with Crippen molar-refractivity contribution in [3.05, 3.63) is 53.3 Å². The number of benzene rings is 1. The molecule has 2 heteroatoms. The molecule has 1 aliphatic carbocycles. The Hall–Kier alpha value is -1.67. The highest BCUT2D eigenvalue weighted by Crippen LogP contribution is 2.25. The maximum Gasteiger partial charge on any atom is 0.0452 e. The van der Waals surface area contributed by atoms with Crippen molar-refractivity contribution in [2.75, 3.05) is 0 Å². The SMILES string of the molecule is Cc1ccc(-c2cnc3c(c2)CC(N)C3)cc1. The molecule has 1 aromatic heterocycles. The van der Waals surface area contributed by atoms with Crippen molar-refractivity contribution in [3.63, 3.8) is 0 Å². The monoisotopic (exact) mass is 224 g/mol. The lowest BCUT2D eigenvalue weighted by atomic mass is 10.0. The Morgan fingerprint density at radius 1 is 1.12 bits per heavy atom. The van der Waals surface area contributed by atoms with Gasteiger partial charge in [-0.3, -0.25) is 4.98 Å². The first-order valence-electron chi connectivity index (χ1n) is 6.03. The molecule has 3 rings (SSSR count). The number of aromatic nitrogens is 1. The fourth-order valence-corrected chi connectivity index (χ4v) is 2.41. The van der Waals surface area contributed by atoms with Gasteiger partial charge >= 0.3 is 0 Å². The van der Waals surface area contributed by atoms with Gasteiger partial charge in [0.1, 0.15) is 0 Å². The Morgan fingerprint density at radius 2 is 1.88 bits per heavy atom. The van der Waals surface area contributed by atoms with Gasteiger partial charge in [0.2, 0.25) is 0 Å². The quantitative estimate of drug-likeness (QED) is 0.808. The van der Waals surface area contributed by atoms with E-state index < -0.39 is 0 Å². The van der Waals surface area contributed by atoms with Crippen molar-refractivity contribution in [3.8, 4) is 11.1 Å². The van der Waals surface area contributed by atoms with Crippen molar-refractivity contribution >= 4 is 0 Å². The number of pyridine rings is 1. The third-order valence-corrected chi connectivity index (χ3v) is 3.38. The average Bonchev–Trinajstić information content (AvgIpc) is 2.69. The molecule has 1 aliphatic rings. The number of fused-ring (bicyclic) bond motifs is 1. The van der Waals surface area contributed by atoms with Gasteiger partial charge in [-0.15, -0.1) is 0 Å². The van der Waals surface area contributed by atoms with Crippen LogP contribution in [0.25, 0.3) is 11.1 Å². The summed E-state index contributed by atoms with van der Waals surface area (Å²) in [5.74, 6) is 0. The second-order valence-electron chi connectivity index (χ2n) is 4.86. The fourth-order valence-electron chi connectivity index (χ4n) is 2.41. The standard InChI is InChI=1S/C15H16N2/c1-10-2-4-11(5-3-10)13-6-12-7-14(16)8-15(12)17-9-13/h2-6,9,14H,7-8,16H2,1H3. The van der Waals surface area contributed by atoms with Gasteiger partial charge in [-0.1, -0.05) is 29.8 Å². The van der Waals surface area contributed by atoms with Crippen LogP contribution in [-0.2, 0) is 12.8 Å². The summed E-state index contributed by atoms with van der Waals surface area (Å²) in [6.07, 6.45) is 3.84. The Morgan fingerprint density at radius 3 is 2.65 bits per heavy atom. The van der Waals surface area contributed by atoms with Gasteiger partial charge in [-0.2, -0.15) is 0 Å². The second kappa shape index (κ2) is 3.97. The van der Waals surface area contributed by atoms with Crippen LogP contribution in [0.1, 0.15) is 16.8 Å². The van der Waals surface area contributed by atoms with Crippen LogP contribution in [0.2, 0.25) is 0 Å². The molecule has 1 aromatic carbocycles. The molecule has 0 fully saturated rings. The lowest BCUT2D eigenvalue weighted by Crippen LogP contribution is -2.19. The van der Waals surface area contributed by atoms with Gasteiger partial charge in [0, 0.05) is 29.9 Å². The summed E-state index contributed by atoms with van der Waals surface area (Å²) < 4.78 is 0. The molecule has 0 bridgehead atoms. The minimum absolute atomic E-state index is 0.255. The van der Waals surface area contributed by atoms with Gasteiger partial charge in [0.25, 0.3) is 0 Å². The van der Waals surface area contributed by atoms with E-state index in [1.54, 1.807) is 0 Å². The van der Waals surface area contributed by atoms with E-state index in [0.29, 0.717) is 0 Å². The Labute approximate surface area is 102 Å². The van der Waals surface area contributed by atoms with Crippen molar-refractivity contribution in [2.24, 2.45) is 5.73 Å². The average molecular weight is 224 g/mol. The first kappa shape index (κ1) is 10.5. The molecular formula is C15H16N2. The maximum absolute atomic E-state index is 5.95. The predicted molar refractivity (Wildman–Crippen MR) is 69.8 cm³/mol. The molecule has 17 heavy (non-hydrogen) atoms. The van der Waals surface area contributed by atoms with E-state index in [-0.39, 0.29) is 6.04 Å². The normalized spacial score (nSPS) is 18.1. The minimum Gasteiger partial charge on any atom is -0.327 e. The zero-order valence-corrected chi connectivity index (χ0v) is 9.98. The van der Waals surface area contributed by atoms with Gasteiger partial charge in [0.05, 0.1) is 0 Å². The molecule has 0 amide bonds. The summed E-state index contributed by atoms with van der Waals surface area (Å²) in [5.41, 5.74) is 12.1. The summed E-state index contributed by atoms with van der Waals surface area (Å²) in [4.78, 5) is 4.53. The lowest BCUT2D eigenvalue weighted by molar-refractivity contribution is 0.716. The molecule has 1 atom stereocenters. The van der Waals surface area contributed by atoms with Gasteiger partial charge in [-0.25, -0.2) is 0 Å². The maximum atomic E-state index is 5.95. The summed E-state index contributed by atoms with van der Waals surface area (Å²) in [6.45, 7) is 2.10. The Balaban J connectivity index is 2.00. The highest BCUT2D eigenvalue weighted by atomic mass is 14.7. The van der Waals surface area contributed by atoms with Crippen molar-refractivity contribution in [1.82, 2.24) is 4.98 Å². The van der Waals surface area contributed by atoms with E-state index in [2.05, 4.69) is 42.2 Å². The molecule has 2 aromatic rings. The van der Waals surface area contributed by atoms with E-state index in [9.17, 15) is 0 Å². The van der Waals surface area contributed by atoms with Crippen molar-refractivity contribution in [2.45, 2.75) is 25.8 Å². The van der Waals surface area contributed by atoms with Gasteiger partial charge in [0.15, 0.2) is 0 Å². The third-order valence-electron chi connectivity index (χ3n) is 3.38. The first-order valence-corrected chi connectivity index (χ1v) is 6.03. The summed E-state index contributed by atoms with van der Waals surface area (Å²) in [7, 11) is 0.